The Morgan fingerprint density at radius 2 is 2.58 bits per heavy atom. The Morgan fingerprint density at radius 1 is 1.83 bits per heavy atom. The van der Waals surface area contributed by atoms with Gasteiger partial charge in [0.15, 0.2) is 0 Å². The summed E-state index contributed by atoms with van der Waals surface area (Å²) in [7, 11) is 0. The fourth-order valence-corrected chi connectivity index (χ4v) is 0.653. The highest BCUT2D eigenvalue weighted by atomic mass is 19.1. The lowest BCUT2D eigenvalue weighted by atomic mass is 10.6. The van der Waals surface area contributed by atoms with Crippen molar-refractivity contribution in [3.63, 3.8) is 0 Å². The van der Waals surface area contributed by atoms with Crippen molar-refractivity contribution >= 4 is 5.97 Å². The summed E-state index contributed by atoms with van der Waals surface area (Å²) in [5, 5.41) is 3.45. The van der Waals surface area contributed by atoms with Crippen LogP contribution in [0.3, 0.4) is 0 Å². The van der Waals surface area contributed by atoms with Crippen LogP contribution >= 0.6 is 0 Å². The van der Waals surface area contributed by atoms with Crippen LogP contribution in [0.4, 0.5) is 4.39 Å². The van der Waals surface area contributed by atoms with Gasteiger partial charge in [-0.3, -0.25) is 0 Å². The van der Waals surface area contributed by atoms with E-state index >= 15 is 0 Å². The van der Waals surface area contributed by atoms with Gasteiger partial charge in [0.05, 0.1) is 6.61 Å². The van der Waals surface area contributed by atoms with Gasteiger partial charge < -0.3 is 4.74 Å². The van der Waals surface area contributed by atoms with Crippen LogP contribution < -0.4 is 0 Å². The molecule has 66 valence electrons. The first-order chi connectivity index (χ1) is 5.75. The number of halogens is 1. The van der Waals surface area contributed by atoms with E-state index in [0.717, 1.165) is 17.3 Å². The van der Waals surface area contributed by atoms with Crippen molar-refractivity contribution in [3.8, 4) is 0 Å². The minimum absolute atomic E-state index is 0.147. The maximum absolute atomic E-state index is 12.9. The van der Waals surface area contributed by atoms with E-state index in [0.29, 0.717) is 0 Å². The summed E-state index contributed by atoms with van der Waals surface area (Å²) in [6.45, 7) is 1.75. The first-order valence-corrected chi connectivity index (χ1v) is 3.40. The summed E-state index contributed by atoms with van der Waals surface area (Å²) in [5.41, 5.74) is 0. The van der Waals surface area contributed by atoms with E-state index in [-0.39, 0.29) is 6.61 Å². The molecule has 0 aliphatic carbocycles. The van der Waals surface area contributed by atoms with E-state index < -0.39 is 12.3 Å². The van der Waals surface area contributed by atoms with Crippen LogP contribution in [-0.4, -0.2) is 27.3 Å². The largest absolute Gasteiger partial charge is 0.462 e. The smallest absolute Gasteiger partial charge is 0.363 e. The number of hydrogen-bond donors (Lipinski definition) is 0. The molecular formula is C6H8FN3O2. The van der Waals surface area contributed by atoms with E-state index in [1.807, 2.05) is 0 Å². The summed E-state index contributed by atoms with van der Waals surface area (Å²) in [6, 6.07) is 0. The monoisotopic (exact) mass is 173 g/mol. The average molecular weight is 173 g/mol. The molecule has 0 saturated heterocycles. The van der Waals surface area contributed by atoms with E-state index in [1.54, 1.807) is 6.92 Å². The second kappa shape index (κ2) is 3.80. The van der Waals surface area contributed by atoms with Crippen LogP contribution in [0.15, 0.2) is 12.7 Å². The zero-order chi connectivity index (χ0) is 8.97. The molecule has 1 atom stereocenters. The van der Waals surface area contributed by atoms with Gasteiger partial charge in [0.25, 0.3) is 6.30 Å². The number of aromatic nitrogens is 3. The molecule has 6 heteroatoms. The molecule has 5 nitrogen and oxygen atoms in total. The number of alkyl halides is 1. The lowest BCUT2D eigenvalue weighted by Crippen LogP contribution is -2.18. The molecule has 1 unspecified atom stereocenters. The third-order valence-corrected chi connectivity index (χ3v) is 1.15. The van der Waals surface area contributed by atoms with E-state index in [9.17, 15) is 9.18 Å². The average Bonchev–Trinajstić information content (AvgIpc) is 2.55. The molecule has 12 heavy (non-hydrogen) atoms. The van der Waals surface area contributed by atoms with Crippen molar-refractivity contribution in [1.29, 1.82) is 0 Å². The first kappa shape index (κ1) is 8.63. The standard InChI is InChI=1S/C6H8FN3O2/c1-2-12-6(11)5(7)10-4-8-3-9-10/h3-5H,2H2,1H3. The summed E-state index contributed by atoms with van der Waals surface area (Å²) in [6.07, 6.45) is 0.361. The number of carbonyl (C=O) groups excluding carboxylic acids is 1. The number of hydrogen-bond acceptors (Lipinski definition) is 4. The third kappa shape index (κ3) is 1.77. The number of nitrogens with zero attached hydrogens (tertiary/aromatic N) is 3. The van der Waals surface area contributed by atoms with Gasteiger partial charge in [0, 0.05) is 0 Å². The Hall–Kier alpha value is -1.46. The summed E-state index contributed by atoms with van der Waals surface area (Å²) >= 11 is 0. The molecule has 1 aromatic rings. The highest BCUT2D eigenvalue weighted by Gasteiger charge is 2.20. The zero-order valence-corrected chi connectivity index (χ0v) is 6.48. The van der Waals surface area contributed by atoms with Gasteiger partial charge >= 0.3 is 5.97 Å². The highest BCUT2D eigenvalue weighted by Crippen LogP contribution is 2.06. The number of carbonyl (C=O) groups is 1. The Kier molecular flexibility index (Phi) is 2.73. The van der Waals surface area contributed by atoms with Gasteiger partial charge in [0.1, 0.15) is 12.7 Å². The van der Waals surface area contributed by atoms with E-state index in [4.69, 9.17) is 0 Å². The van der Waals surface area contributed by atoms with Crippen LogP contribution in [0.1, 0.15) is 13.2 Å². The molecule has 0 aromatic carbocycles. The van der Waals surface area contributed by atoms with Crippen LogP contribution in [0.5, 0.6) is 0 Å². The lowest BCUT2D eigenvalue weighted by molar-refractivity contribution is -0.153. The van der Waals surface area contributed by atoms with Crippen LogP contribution in [0.25, 0.3) is 0 Å². The van der Waals surface area contributed by atoms with Crippen molar-refractivity contribution in [3.05, 3.63) is 12.7 Å². The molecule has 0 radical (unpaired) electrons. The quantitative estimate of drug-likeness (QED) is 0.617. The maximum Gasteiger partial charge on any atom is 0.363 e. The van der Waals surface area contributed by atoms with Crippen LogP contribution in [-0.2, 0) is 9.53 Å². The molecule has 0 saturated carbocycles. The van der Waals surface area contributed by atoms with Crippen LogP contribution in [0.2, 0.25) is 0 Å². The van der Waals surface area contributed by atoms with Gasteiger partial charge in [-0.25, -0.2) is 18.9 Å². The van der Waals surface area contributed by atoms with Crippen LogP contribution in [0, 0.1) is 0 Å². The molecule has 0 N–H and O–H groups in total. The minimum atomic E-state index is -1.90. The van der Waals surface area contributed by atoms with Crippen molar-refractivity contribution in [1.82, 2.24) is 14.8 Å². The first-order valence-electron chi connectivity index (χ1n) is 3.40. The molecule has 1 rings (SSSR count). The molecule has 0 aliphatic rings. The third-order valence-electron chi connectivity index (χ3n) is 1.15. The Morgan fingerprint density at radius 3 is 3.08 bits per heavy atom. The van der Waals surface area contributed by atoms with Crippen molar-refractivity contribution in [2.75, 3.05) is 6.61 Å². The Bertz CT molecular complexity index is 249. The molecule has 0 aliphatic heterocycles. The van der Waals surface area contributed by atoms with Gasteiger partial charge in [-0.1, -0.05) is 0 Å². The van der Waals surface area contributed by atoms with Gasteiger partial charge in [0.2, 0.25) is 0 Å². The van der Waals surface area contributed by atoms with E-state index in [2.05, 4.69) is 14.8 Å². The molecular weight excluding hydrogens is 165 g/mol. The molecule has 0 fully saturated rings. The number of rotatable bonds is 3. The molecule has 1 aromatic heterocycles. The molecule has 0 amide bonds. The SMILES string of the molecule is CCOC(=O)C(F)n1cncn1. The van der Waals surface area contributed by atoms with Gasteiger partial charge in [-0.2, -0.15) is 5.10 Å². The lowest BCUT2D eigenvalue weighted by Gasteiger charge is -2.05. The number of ether oxygens (including phenoxy) is 1. The molecule has 0 spiro atoms. The van der Waals surface area contributed by atoms with Crippen molar-refractivity contribution < 1.29 is 13.9 Å². The predicted octanol–water partition coefficient (Wildman–Crippen LogP) is 0.309. The highest BCUT2D eigenvalue weighted by molar-refractivity contribution is 5.72. The number of esters is 1. The minimum Gasteiger partial charge on any atom is -0.462 e. The Balaban J connectivity index is 2.59. The summed E-state index contributed by atoms with van der Waals surface area (Å²) in [5.74, 6) is -0.956. The van der Waals surface area contributed by atoms with Crippen molar-refractivity contribution in [2.45, 2.75) is 13.2 Å². The maximum atomic E-state index is 12.9. The van der Waals surface area contributed by atoms with E-state index in [1.165, 1.54) is 0 Å². The predicted molar refractivity (Wildman–Crippen MR) is 36.8 cm³/mol. The fourth-order valence-electron chi connectivity index (χ4n) is 0.653. The van der Waals surface area contributed by atoms with Gasteiger partial charge in [-0.15, -0.1) is 0 Å². The second-order valence-electron chi connectivity index (χ2n) is 1.96. The van der Waals surface area contributed by atoms with Gasteiger partial charge in [-0.05, 0) is 6.92 Å². The normalized spacial score (nSPS) is 12.5. The molecule has 0 bridgehead atoms. The van der Waals surface area contributed by atoms with Crippen molar-refractivity contribution in [2.24, 2.45) is 0 Å². The molecule has 1 heterocycles. The summed E-state index contributed by atoms with van der Waals surface area (Å²) < 4.78 is 18.1. The second-order valence-corrected chi connectivity index (χ2v) is 1.96. The zero-order valence-electron chi connectivity index (χ0n) is 6.48. The Labute approximate surface area is 68.2 Å². The fraction of sp³-hybridized carbons (Fsp3) is 0.500. The topological polar surface area (TPSA) is 57.0 Å². The summed E-state index contributed by atoms with van der Waals surface area (Å²) in [4.78, 5) is 14.2.